The second kappa shape index (κ2) is 8.74. The van der Waals surface area contributed by atoms with Crippen LogP contribution in [-0.2, 0) is 17.8 Å². The zero-order chi connectivity index (χ0) is 21.1. The molecule has 1 amide bonds. The number of aryl methyl sites for hydroxylation is 1. The first-order valence-electron chi connectivity index (χ1n) is 9.59. The molecule has 3 aromatic rings. The molecule has 0 saturated carbocycles. The van der Waals surface area contributed by atoms with E-state index >= 15 is 0 Å². The molecule has 0 fully saturated rings. The fourth-order valence-corrected chi connectivity index (χ4v) is 4.30. The number of fused-ring (bicyclic) bond motifs is 1. The van der Waals surface area contributed by atoms with E-state index in [4.69, 9.17) is 9.47 Å². The first-order valence-corrected chi connectivity index (χ1v) is 10.6. The zero-order valence-corrected chi connectivity index (χ0v) is 18.0. The van der Waals surface area contributed by atoms with Gasteiger partial charge in [0.15, 0.2) is 11.5 Å². The highest BCUT2D eigenvalue weighted by Crippen LogP contribution is 2.33. The Morgan fingerprint density at radius 2 is 1.90 bits per heavy atom. The number of carbonyl (C=O) groups excluding carboxylic acids is 1. The SMILES string of the molecule is COc1cc2c(cc1OC)CN(C(=O)CSc1nnnn1-c1cccc(C)c1)CC2. The molecule has 0 saturated heterocycles. The summed E-state index contributed by atoms with van der Waals surface area (Å²) < 4.78 is 12.4. The van der Waals surface area contributed by atoms with E-state index in [-0.39, 0.29) is 11.7 Å². The molecule has 2 aromatic carbocycles. The lowest BCUT2D eigenvalue weighted by molar-refractivity contribution is -0.129. The minimum absolute atomic E-state index is 0.0548. The second-order valence-electron chi connectivity index (χ2n) is 7.04. The minimum Gasteiger partial charge on any atom is -0.493 e. The molecule has 30 heavy (non-hydrogen) atoms. The van der Waals surface area contributed by atoms with Gasteiger partial charge in [-0.3, -0.25) is 4.79 Å². The number of methoxy groups -OCH3 is 2. The quantitative estimate of drug-likeness (QED) is 0.562. The van der Waals surface area contributed by atoms with Gasteiger partial charge >= 0.3 is 0 Å². The van der Waals surface area contributed by atoms with E-state index < -0.39 is 0 Å². The number of nitrogens with zero attached hydrogens (tertiary/aromatic N) is 5. The van der Waals surface area contributed by atoms with Crippen LogP contribution in [0.1, 0.15) is 16.7 Å². The van der Waals surface area contributed by atoms with E-state index in [2.05, 4.69) is 15.5 Å². The van der Waals surface area contributed by atoms with E-state index in [9.17, 15) is 4.79 Å². The highest BCUT2D eigenvalue weighted by Gasteiger charge is 2.23. The molecule has 156 valence electrons. The molecule has 4 rings (SSSR count). The van der Waals surface area contributed by atoms with Crippen LogP contribution in [0.3, 0.4) is 0 Å². The van der Waals surface area contributed by atoms with Crippen molar-refractivity contribution < 1.29 is 14.3 Å². The molecule has 0 bridgehead atoms. The number of hydrogen-bond donors (Lipinski definition) is 0. The van der Waals surface area contributed by atoms with Gasteiger partial charge in [-0.05, 0) is 64.7 Å². The summed E-state index contributed by atoms with van der Waals surface area (Å²) in [6.07, 6.45) is 0.785. The first-order chi connectivity index (χ1) is 14.6. The molecule has 0 aliphatic carbocycles. The van der Waals surface area contributed by atoms with Crippen LogP contribution in [0.15, 0.2) is 41.6 Å². The van der Waals surface area contributed by atoms with Gasteiger partial charge in [0.05, 0.1) is 25.7 Å². The Bertz CT molecular complexity index is 1070. The maximum atomic E-state index is 12.9. The summed E-state index contributed by atoms with van der Waals surface area (Å²) in [7, 11) is 3.25. The number of amides is 1. The molecule has 0 radical (unpaired) electrons. The van der Waals surface area contributed by atoms with Crippen molar-refractivity contribution in [3.63, 3.8) is 0 Å². The summed E-state index contributed by atoms with van der Waals surface area (Å²) in [5.74, 6) is 1.72. The van der Waals surface area contributed by atoms with Gasteiger partial charge in [-0.2, -0.15) is 4.68 Å². The van der Waals surface area contributed by atoms with E-state index in [1.165, 1.54) is 17.3 Å². The molecule has 8 nitrogen and oxygen atoms in total. The fraction of sp³-hybridized carbons (Fsp3) is 0.333. The highest BCUT2D eigenvalue weighted by atomic mass is 32.2. The molecule has 0 spiro atoms. The van der Waals surface area contributed by atoms with E-state index in [0.717, 1.165) is 29.0 Å². The summed E-state index contributed by atoms with van der Waals surface area (Å²) in [5, 5.41) is 12.5. The lowest BCUT2D eigenvalue weighted by atomic mass is 9.99. The van der Waals surface area contributed by atoms with Crippen molar-refractivity contribution in [3.8, 4) is 17.2 Å². The van der Waals surface area contributed by atoms with Crippen LogP contribution in [0.2, 0.25) is 0 Å². The lowest BCUT2D eigenvalue weighted by Gasteiger charge is -2.29. The van der Waals surface area contributed by atoms with Crippen molar-refractivity contribution in [2.45, 2.75) is 25.0 Å². The molecule has 2 heterocycles. The van der Waals surface area contributed by atoms with E-state index in [1.807, 2.05) is 48.2 Å². The molecule has 9 heteroatoms. The number of rotatable bonds is 6. The smallest absolute Gasteiger partial charge is 0.233 e. The van der Waals surface area contributed by atoms with Crippen LogP contribution < -0.4 is 9.47 Å². The Hall–Kier alpha value is -3.07. The maximum absolute atomic E-state index is 12.9. The van der Waals surface area contributed by atoms with Crippen LogP contribution in [-0.4, -0.2) is 57.5 Å². The summed E-state index contributed by atoms with van der Waals surface area (Å²) >= 11 is 1.34. The predicted octanol–water partition coefficient (Wildman–Crippen LogP) is 2.66. The number of benzene rings is 2. The summed E-state index contributed by atoms with van der Waals surface area (Å²) in [5.41, 5.74) is 4.27. The van der Waals surface area contributed by atoms with Crippen molar-refractivity contribution in [2.75, 3.05) is 26.5 Å². The standard InChI is InChI=1S/C21H23N5O3S/c1-14-5-4-6-17(9-14)26-21(22-23-24-26)30-13-20(27)25-8-7-15-10-18(28-2)19(29-3)11-16(15)12-25/h4-6,9-11H,7-8,12-13H2,1-3H3. The first kappa shape index (κ1) is 20.2. The van der Waals surface area contributed by atoms with Gasteiger partial charge in [0.1, 0.15) is 0 Å². The van der Waals surface area contributed by atoms with Gasteiger partial charge in [0.2, 0.25) is 11.1 Å². The van der Waals surface area contributed by atoms with Crippen molar-refractivity contribution in [2.24, 2.45) is 0 Å². The van der Waals surface area contributed by atoms with Crippen molar-refractivity contribution in [1.82, 2.24) is 25.1 Å². The topological polar surface area (TPSA) is 82.4 Å². The lowest BCUT2D eigenvalue weighted by Crippen LogP contribution is -2.37. The van der Waals surface area contributed by atoms with Gasteiger partial charge in [0, 0.05) is 13.1 Å². The average Bonchev–Trinajstić information content (AvgIpc) is 3.24. The van der Waals surface area contributed by atoms with Crippen LogP contribution in [0.25, 0.3) is 5.69 Å². The third-order valence-electron chi connectivity index (χ3n) is 5.08. The summed E-state index contributed by atoms with van der Waals surface area (Å²) in [6.45, 7) is 3.24. The number of carbonyl (C=O) groups is 1. The highest BCUT2D eigenvalue weighted by molar-refractivity contribution is 7.99. The Balaban J connectivity index is 1.43. The Morgan fingerprint density at radius 1 is 1.13 bits per heavy atom. The van der Waals surface area contributed by atoms with Crippen LogP contribution in [0.5, 0.6) is 11.5 Å². The monoisotopic (exact) mass is 425 g/mol. The van der Waals surface area contributed by atoms with Gasteiger partial charge in [-0.15, -0.1) is 5.10 Å². The number of aromatic nitrogens is 4. The molecule has 0 unspecified atom stereocenters. The van der Waals surface area contributed by atoms with Gasteiger partial charge in [0.25, 0.3) is 0 Å². The molecule has 0 N–H and O–H groups in total. The Morgan fingerprint density at radius 3 is 2.63 bits per heavy atom. The summed E-state index contributed by atoms with van der Waals surface area (Å²) in [4.78, 5) is 14.7. The van der Waals surface area contributed by atoms with Crippen molar-refractivity contribution in [3.05, 3.63) is 53.1 Å². The van der Waals surface area contributed by atoms with E-state index in [1.54, 1.807) is 18.9 Å². The molecule has 1 aromatic heterocycles. The van der Waals surface area contributed by atoms with E-state index in [0.29, 0.717) is 24.0 Å². The van der Waals surface area contributed by atoms with Gasteiger partial charge in [-0.1, -0.05) is 23.9 Å². The van der Waals surface area contributed by atoms with Crippen LogP contribution in [0, 0.1) is 6.92 Å². The van der Waals surface area contributed by atoms with Crippen LogP contribution >= 0.6 is 11.8 Å². The van der Waals surface area contributed by atoms with Crippen molar-refractivity contribution >= 4 is 17.7 Å². The predicted molar refractivity (Wildman–Crippen MR) is 113 cm³/mol. The molecule has 0 atom stereocenters. The largest absolute Gasteiger partial charge is 0.493 e. The maximum Gasteiger partial charge on any atom is 0.233 e. The van der Waals surface area contributed by atoms with Crippen molar-refractivity contribution in [1.29, 1.82) is 0 Å². The summed E-state index contributed by atoms with van der Waals surface area (Å²) in [6, 6.07) is 11.9. The molecular weight excluding hydrogens is 402 g/mol. The van der Waals surface area contributed by atoms with Gasteiger partial charge < -0.3 is 14.4 Å². The van der Waals surface area contributed by atoms with Crippen LogP contribution in [0.4, 0.5) is 0 Å². The molecule has 1 aliphatic rings. The zero-order valence-electron chi connectivity index (χ0n) is 17.2. The number of tetrazole rings is 1. The normalized spacial score (nSPS) is 13.1. The second-order valence-corrected chi connectivity index (χ2v) is 7.98. The molecule has 1 aliphatic heterocycles. The third kappa shape index (κ3) is 4.11. The fourth-order valence-electron chi connectivity index (χ4n) is 3.50. The Kier molecular flexibility index (Phi) is 5.89. The minimum atomic E-state index is 0.0548. The number of hydrogen-bond acceptors (Lipinski definition) is 7. The molecular formula is C21H23N5O3S. The number of thioether (sulfide) groups is 1. The van der Waals surface area contributed by atoms with Gasteiger partial charge in [-0.25, -0.2) is 0 Å². The average molecular weight is 426 g/mol. The third-order valence-corrected chi connectivity index (χ3v) is 5.99. The Labute approximate surface area is 179 Å². The number of ether oxygens (including phenoxy) is 2.